The van der Waals surface area contributed by atoms with Crippen molar-refractivity contribution in [2.75, 3.05) is 11.4 Å². The zero-order chi connectivity index (χ0) is 22.0. The number of aryl methyl sites for hydroxylation is 1. The zero-order valence-electron chi connectivity index (χ0n) is 17.2. The van der Waals surface area contributed by atoms with Gasteiger partial charge in [-0.25, -0.2) is 9.97 Å². The fourth-order valence-electron chi connectivity index (χ4n) is 3.60. The maximum Gasteiger partial charge on any atom is 0.573 e. The van der Waals surface area contributed by atoms with Crippen LogP contribution in [0.3, 0.4) is 0 Å². The smallest absolute Gasteiger partial charge is 0.457 e. The minimum Gasteiger partial charge on any atom is -0.457 e. The van der Waals surface area contributed by atoms with Gasteiger partial charge in [0.25, 0.3) is 0 Å². The summed E-state index contributed by atoms with van der Waals surface area (Å²) in [6, 6.07) is 15.0. The minimum absolute atomic E-state index is 0.294. The number of rotatable bonds is 5. The van der Waals surface area contributed by atoms with Crippen molar-refractivity contribution in [3.63, 3.8) is 0 Å². The Kier molecular flexibility index (Phi) is 5.71. The van der Waals surface area contributed by atoms with Crippen molar-refractivity contribution in [2.45, 2.75) is 39.1 Å². The molecule has 0 aliphatic carbocycles. The summed E-state index contributed by atoms with van der Waals surface area (Å²) >= 11 is 0. The average Bonchev–Trinajstić information content (AvgIpc) is 3.14. The lowest BCUT2D eigenvalue weighted by atomic mass is 10.1. The van der Waals surface area contributed by atoms with E-state index in [0.29, 0.717) is 17.5 Å². The lowest BCUT2D eigenvalue weighted by Gasteiger charge is -2.22. The first-order valence-corrected chi connectivity index (χ1v) is 10.0. The van der Waals surface area contributed by atoms with E-state index in [2.05, 4.69) is 21.5 Å². The van der Waals surface area contributed by atoms with Crippen molar-refractivity contribution < 1.29 is 22.6 Å². The fourth-order valence-corrected chi connectivity index (χ4v) is 3.60. The van der Waals surface area contributed by atoms with Crippen molar-refractivity contribution in [1.82, 2.24) is 9.97 Å². The van der Waals surface area contributed by atoms with E-state index in [1.54, 1.807) is 12.1 Å². The summed E-state index contributed by atoms with van der Waals surface area (Å²) in [6.45, 7) is 5.11. The minimum atomic E-state index is -4.72. The molecule has 0 spiro atoms. The molecule has 1 saturated heterocycles. The predicted molar refractivity (Wildman–Crippen MR) is 111 cm³/mol. The molecule has 8 heteroatoms. The van der Waals surface area contributed by atoms with Gasteiger partial charge in [-0.1, -0.05) is 0 Å². The van der Waals surface area contributed by atoms with Gasteiger partial charge in [-0.3, -0.25) is 0 Å². The van der Waals surface area contributed by atoms with Crippen LogP contribution in [0.25, 0.3) is 11.3 Å². The van der Waals surface area contributed by atoms with Crippen molar-refractivity contribution in [2.24, 2.45) is 0 Å². The Labute approximate surface area is 178 Å². The van der Waals surface area contributed by atoms with Gasteiger partial charge in [0.2, 0.25) is 5.95 Å². The molecule has 1 fully saturated rings. The molecular formula is C23H22F3N3O2. The third-order valence-corrected chi connectivity index (χ3v) is 5.10. The Balaban J connectivity index is 1.48. The normalized spacial score (nSPS) is 16.4. The van der Waals surface area contributed by atoms with Gasteiger partial charge >= 0.3 is 6.36 Å². The van der Waals surface area contributed by atoms with Gasteiger partial charge in [0, 0.05) is 23.8 Å². The topological polar surface area (TPSA) is 47.5 Å². The van der Waals surface area contributed by atoms with Crippen LogP contribution in [0, 0.1) is 6.92 Å². The van der Waals surface area contributed by atoms with E-state index in [9.17, 15) is 13.2 Å². The van der Waals surface area contributed by atoms with Crippen LogP contribution in [0.5, 0.6) is 17.2 Å². The van der Waals surface area contributed by atoms with Crippen molar-refractivity contribution >= 4 is 5.95 Å². The van der Waals surface area contributed by atoms with Crippen LogP contribution < -0.4 is 14.4 Å². The SMILES string of the molecule is Cc1cc(-c2ccc(Oc3ccc(OC(F)(F)F)cc3)cc2)nc(N2CCCC2C)n1. The van der Waals surface area contributed by atoms with Gasteiger partial charge in [0.1, 0.15) is 17.2 Å². The van der Waals surface area contributed by atoms with Gasteiger partial charge in [-0.2, -0.15) is 0 Å². The first-order valence-electron chi connectivity index (χ1n) is 10.0. The van der Waals surface area contributed by atoms with E-state index in [0.717, 1.165) is 42.3 Å². The Morgan fingerprint density at radius 3 is 2.13 bits per heavy atom. The molecule has 4 rings (SSSR count). The van der Waals surface area contributed by atoms with E-state index in [4.69, 9.17) is 9.72 Å². The molecule has 5 nitrogen and oxygen atoms in total. The Morgan fingerprint density at radius 2 is 1.55 bits per heavy atom. The van der Waals surface area contributed by atoms with Crippen LogP contribution in [0.2, 0.25) is 0 Å². The first-order chi connectivity index (χ1) is 14.8. The van der Waals surface area contributed by atoms with E-state index in [1.807, 2.05) is 25.1 Å². The van der Waals surface area contributed by atoms with Crippen LogP contribution in [-0.4, -0.2) is 28.9 Å². The second-order valence-corrected chi connectivity index (χ2v) is 7.52. The van der Waals surface area contributed by atoms with Crippen LogP contribution >= 0.6 is 0 Å². The molecule has 1 aromatic heterocycles. The molecule has 0 amide bonds. The molecule has 31 heavy (non-hydrogen) atoms. The zero-order valence-corrected chi connectivity index (χ0v) is 17.2. The molecule has 1 unspecified atom stereocenters. The summed E-state index contributed by atoms with van der Waals surface area (Å²) in [5, 5.41) is 0. The van der Waals surface area contributed by atoms with Gasteiger partial charge in [0.15, 0.2) is 0 Å². The highest BCUT2D eigenvalue weighted by Gasteiger charge is 2.31. The van der Waals surface area contributed by atoms with E-state index in [-0.39, 0.29) is 5.75 Å². The Morgan fingerprint density at radius 1 is 0.935 bits per heavy atom. The second-order valence-electron chi connectivity index (χ2n) is 7.52. The summed E-state index contributed by atoms with van der Waals surface area (Å²) < 4.78 is 46.4. The number of halogens is 3. The number of aromatic nitrogens is 2. The highest BCUT2D eigenvalue weighted by Crippen LogP contribution is 2.30. The van der Waals surface area contributed by atoms with Crippen LogP contribution in [0.4, 0.5) is 19.1 Å². The number of alkyl halides is 3. The number of anilines is 1. The number of nitrogens with zero attached hydrogens (tertiary/aromatic N) is 3. The van der Waals surface area contributed by atoms with Gasteiger partial charge in [-0.15, -0.1) is 13.2 Å². The summed E-state index contributed by atoms with van der Waals surface area (Å²) in [7, 11) is 0. The maximum atomic E-state index is 12.3. The predicted octanol–water partition coefficient (Wildman–Crippen LogP) is 6.13. The molecule has 1 atom stereocenters. The van der Waals surface area contributed by atoms with E-state index >= 15 is 0 Å². The van der Waals surface area contributed by atoms with Gasteiger partial charge < -0.3 is 14.4 Å². The van der Waals surface area contributed by atoms with Gasteiger partial charge in [-0.05, 0) is 81.3 Å². The maximum absolute atomic E-state index is 12.3. The monoisotopic (exact) mass is 429 g/mol. The fraction of sp³-hybridized carbons (Fsp3) is 0.304. The molecule has 0 bridgehead atoms. The number of hydrogen-bond acceptors (Lipinski definition) is 5. The molecule has 0 N–H and O–H groups in total. The van der Waals surface area contributed by atoms with Crippen molar-refractivity contribution in [1.29, 1.82) is 0 Å². The second kappa shape index (κ2) is 8.45. The molecule has 0 saturated carbocycles. The summed E-state index contributed by atoms with van der Waals surface area (Å²) in [4.78, 5) is 11.6. The Bertz CT molecular complexity index is 1040. The number of ether oxygens (including phenoxy) is 2. The first kappa shape index (κ1) is 21.0. The van der Waals surface area contributed by atoms with E-state index < -0.39 is 6.36 Å². The van der Waals surface area contributed by atoms with E-state index in [1.165, 1.54) is 24.3 Å². The summed E-state index contributed by atoms with van der Waals surface area (Å²) in [6.07, 6.45) is -2.44. The van der Waals surface area contributed by atoms with Crippen molar-refractivity contribution in [3.05, 3.63) is 60.3 Å². The largest absolute Gasteiger partial charge is 0.573 e. The summed E-state index contributed by atoms with van der Waals surface area (Å²) in [5.74, 6) is 1.43. The molecule has 3 aromatic rings. The summed E-state index contributed by atoms with van der Waals surface area (Å²) in [5.41, 5.74) is 2.67. The third kappa shape index (κ3) is 5.25. The van der Waals surface area contributed by atoms with Crippen LogP contribution in [0.15, 0.2) is 54.6 Å². The lowest BCUT2D eigenvalue weighted by molar-refractivity contribution is -0.274. The molecule has 1 aliphatic heterocycles. The molecule has 2 heterocycles. The molecule has 162 valence electrons. The quantitative estimate of drug-likeness (QED) is 0.488. The van der Waals surface area contributed by atoms with Crippen LogP contribution in [-0.2, 0) is 0 Å². The number of benzene rings is 2. The average molecular weight is 429 g/mol. The highest BCUT2D eigenvalue weighted by molar-refractivity contribution is 5.62. The van der Waals surface area contributed by atoms with Crippen molar-refractivity contribution in [3.8, 4) is 28.5 Å². The third-order valence-electron chi connectivity index (χ3n) is 5.10. The number of hydrogen-bond donors (Lipinski definition) is 0. The Hall–Kier alpha value is -3.29. The van der Waals surface area contributed by atoms with Crippen LogP contribution in [0.1, 0.15) is 25.5 Å². The lowest BCUT2D eigenvalue weighted by Crippen LogP contribution is -2.28. The highest BCUT2D eigenvalue weighted by atomic mass is 19.4. The molecular weight excluding hydrogens is 407 g/mol. The standard InChI is InChI=1S/C23H22F3N3O2/c1-15-14-21(28-22(27-15)29-13-3-4-16(29)2)17-5-7-18(8-6-17)30-19-9-11-20(12-10-19)31-23(24,25)26/h5-12,14,16H,3-4,13H2,1-2H3. The molecule has 1 aliphatic rings. The molecule has 0 radical (unpaired) electrons. The van der Waals surface area contributed by atoms with Gasteiger partial charge in [0.05, 0.1) is 5.69 Å². The molecule has 2 aromatic carbocycles.